The minimum Gasteiger partial charge on any atom is -0.335 e. The summed E-state index contributed by atoms with van der Waals surface area (Å²) in [6.07, 6.45) is -3.64. The Bertz CT molecular complexity index is 575. The first-order valence-corrected chi connectivity index (χ1v) is 7.01. The Morgan fingerprint density at radius 3 is 2.80 bits per heavy atom. The molecule has 0 bridgehead atoms. The van der Waals surface area contributed by atoms with Gasteiger partial charge in [-0.25, -0.2) is 0 Å². The van der Waals surface area contributed by atoms with Crippen molar-refractivity contribution in [1.82, 2.24) is 0 Å². The minimum absolute atomic E-state index is 0.211. The van der Waals surface area contributed by atoms with E-state index >= 15 is 0 Å². The molecule has 1 aliphatic rings. The summed E-state index contributed by atoms with van der Waals surface area (Å²) >= 11 is 1.49. The monoisotopic (exact) mass is 299 g/mol. The predicted molar refractivity (Wildman–Crippen MR) is 73.8 cm³/mol. The summed E-state index contributed by atoms with van der Waals surface area (Å²) in [5.41, 5.74) is -1.02. The maximum absolute atomic E-state index is 12.8. The van der Waals surface area contributed by atoms with Gasteiger partial charge in [0.2, 0.25) is 0 Å². The molecule has 0 radical (unpaired) electrons. The molecule has 0 spiro atoms. The molecular formula is C13H12F3N3S. The normalized spacial score (nSPS) is 18.6. The molecule has 106 valence electrons. The third-order valence-corrected chi connectivity index (χ3v) is 3.91. The number of alkyl halides is 3. The van der Waals surface area contributed by atoms with E-state index < -0.39 is 11.7 Å². The molecule has 1 N–H and O–H groups in total. The van der Waals surface area contributed by atoms with Crippen LogP contribution in [0.4, 0.5) is 18.9 Å². The fourth-order valence-electron chi connectivity index (χ4n) is 1.77. The molecule has 1 unspecified atom stereocenters. The van der Waals surface area contributed by atoms with Gasteiger partial charge in [-0.1, -0.05) is 18.7 Å². The average molecular weight is 299 g/mol. The first kappa shape index (κ1) is 14.7. The number of amidine groups is 1. The number of hydrogen-bond donors (Lipinski definition) is 1. The van der Waals surface area contributed by atoms with E-state index in [-0.39, 0.29) is 11.6 Å². The lowest BCUT2D eigenvalue weighted by Gasteiger charge is -2.11. The minimum atomic E-state index is -4.54. The third kappa shape index (κ3) is 3.25. The molecule has 1 heterocycles. The average Bonchev–Trinajstić information content (AvgIpc) is 2.85. The van der Waals surface area contributed by atoms with Crippen LogP contribution in [-0.2, 0) is 6.18 Å². The topological polar surface area (TPSA) is 48.2 Å². The molecule has 2 rings (SSSR count). The van der Waals surface area contributed by atoms with Gasteiger partial charge in [-0.3, -0.25) is 4.99 Å². The zero-order valence-corrected chi connectivity index (χ0v) is 11.5. The van der Waals surface area contributed by atoms with Crippen LogP contribution in [0.1, 0.15) is 24.5 Å². The molecule has 1 aromatic rings. The van der Waals surface area contributed by atoms with Crippen LogP contribution in [0.5, 0.6) is 0 Å². The van der Waals surface area contributed by atoms with E-state index in [9.17, 15) is 13.2 Å². The van der Waals surface area contributed by atoms with Gasteiger partial charge in [0, 0.05) is 11.4 Å². The Morgan fingerprint density at radius 2 is 2.25 bits per heavy atom. The third-order valence-electron chi connectivity index (χ3n) is 2.88. The van der Waals surface area contributed by atoms with Gasteiger partial charge in [-0.15, -0.1) is 0 Å². The molecule has 0 saturated carbocycles. The van der Waals surface area contributed by atoms with Gasteiger partial charge < -0.3 is 5.32 Å². The van der Waals surface area contributed by atoms with Crippen molar-refractivity contribution in [2.45, 2.75) is 25.6 Å². The summed E-state index contributed by atoms with van der Waals surface area (Å²) in [6.45, 7) is 2.02. The van der Waals surface area contributed by atoms with Gasteiger partial charge in [0.25, 0.3) is 0 Å². The molecule has 0 amide bonds. The fourth-order valence-corrected chi connectivity index (χ4v) is 2.84. The maximum atomic E-state index is 12.8. The Hall–Kier alpha value is -1.68. The summed E-state index contributed by atoms with van der Waals surface area (Å²) in [5.74, 6) is 0.835. The number of halogens is 3. The molecule has 1 aromatic carbocycles. The van der Waals surface area contributed by atoms with Crippen LogP contribution in [0, 0.1) is 11.3 Å². The van der Waals surface area contributed by atoms with Crippen LogP contribution in [0.2, 0.25) is 0 Å². The smallest absolute Gasteiger partial charge is 0.335 e. The highest BCUT2D eigenvalue weighted by atomic mass is 32.2. The van der Waals surface area contributed by atoms with E-state index in [0.29, 0.717) is 10.9 Å². The van der Waals surface area contributed by atoms with Crippen LogP contribution in [-0.4, -0.2) is 17.0 Å². The number of hydrogen-bond acceptors (Lipinski definition) is 4. The fraction of sp³-hybridized carbons (Fsp3) is 0.385. The highest BCUT2D eigenvalue weighted by Gasteiger charge is 2.34. The molecule has 1 aliphatic heterocycles. The van der Waals surface area contributed by atoms with Gasteiger partial charge in [0.15, 0.2) is 5.17 Å². The van der Waals surface area contributed by atoms with Crippen molar-refractivity contribution in [3.8, 4) is 6.07 Å². The number of anilines is 1. The van der Waals surface area contributed by atoms with E-state index in [1.165, 1.54) is 23.9 Å². The molecule has 3 nitrogen and oxygen atoms in total. The summed E-state index contributed by atoms with van der Waals surface area (Å²) in [5, 5.41) is 12.2. The van der Waals surface area contributed by atoms with Crippen molar-refractivity contribution >= 4 is 22.6 Å². The number of nitrogens with zero attached hydrogens (tertiary/aromatic N) is 2. The van der Waals surface area contributed by atoms with Crippen molar-refractivity contribution in [2.24, 2.45) is 4.99 Å². The first-order valence-electron chi connectivity index (χ1n) is 6.03. The van der Waals surface area contributed by atoms with Crippen molar-refractivity contribution in [3.63, 3.8) is 0 Å². The molecule has 0 fully saturated rings. The number of nitrogens with one attached hydrogen (secondary N) is 1. The Labute approximate surface area is 118 Å². The number of benzene rings is 1. The van der Waals surface area contributed by atoms with E-state index in [1.54, 1.807) is 6.07 Å². The van der Waals surface area contributed by atoms with Crippen molar-refractivity contribution in [3.05, 3.63) is 29.3 Å². The van der Waals surface area contributed by atoms with E-state index in [0.717, 1.165) is 18.2 Å². The zero-order chi connectivity index (χ0) is 14.8. The summed E-state index contributed by atoms with van der Waals surface area (Å²) < 4.78 is 38.5. The highest BCUT2D eigenvalue weighted by molar-refractivity contribution is 8.14. The number of nitriles is 1. The van der Waals surface area contributed by atoms with Crippen LogP contribution in [0.3, 0.4) is 0 Å². The van der Waals surface area contributed by atoms with E-state index in [2.05, 4.69) is 10.3 Å². The lowest BCUT2D eigenvalue weighted by molar-refractivity contribution is -0.137. The molecule has 0 aromatic heterocycles. The first-order chi connectivity index (χ1) is 9.44. The second-order valence-electron chi connectivity index (χ2n) is 4.30. The van der Waals surface area contributed by atoms with Crippen LogP contribution < -0.4 is 5.32 Å². The number of thioether (sulfide) groups is 1. The molecule has 0 aliphatic carbocycles. The summed E-state index contributed by atoms with van der Waals surface area (Å²) in [7, 11) is 0. The lowest BCUT2D eigenvalue weighted by atomic mass is 10.1. The Morgan fingerprint density at radius 1 is 1.50 bits per heavy atom. The van der Waals surface area contributed by atoms with E-state index in [4.69, 9.17) is 5.26 Å². The lowest BCUT2D eigenvalue weighted by Crippen LogP contribution is -2.11. The predicted octanol–water partition coefficient (Wildman–Crippen LogP) is 3.87. The van der Waals surface area contributed by atoms with Crippen LogP contribution in [0.15, 0.2) is 23.2 Å². The van der Waals surface area contributed by atoms with Gasteiger partial charge >= 0.3 is 6.18 Å². The molecule has 7 heteroatoms. The van der Waals surface area contributed by atoms with Gasteiger partial charge in [-0.2, -0.15) is 18.4 Å². The van der Waals surface area contributed by atoms with Gasteiger partial charge in [0.05, 0.1) is 23.2 Å². The summed E-state index contributed by atoms with van der Waals surface area (Å²) in [4.78, 5) is 4.36. The standard InChI is InChI=1S/C13H12F3N3S/c1-2-9-7-20-12(18-9)19-10-4-3-8(6-17)11(5-10)13(14,15)16/h3-5,9H,2,7H2,1H3,(H,18,19). The molecule has 0 saturated heterocycles. The second-order valence-corrected chi connectivity index (χ2v) is 5.31. The van der Waals surface area contributed by atoms with Crippen LogP contribution in [0.25, 0.3) is 0 Å². The number of rotatable bonds is 2. The molecular weight excluding hydrogens is 287 g/mol. The largest absolute Gasteiger partial charge is 0.417 e. The Kier molecular flexibility index (Phi) is 4.23. The van der Waals surface area contributed by atoms with Crippen molar-refractivity contribution in [2.75, 3.05) is 11.1 Å². The zero-order valence-electron chi connectivity index (χ0n) is 10.7. The van der Waals surface area contributed by atoms with Crippen LogP contribution >= 0.6 is 11.8 Å². The summed E-state index contributed by atoms with van der Waals surface area (Å²) in [6, 6.07) is 5.34. The van der Waals surface area contributed by atoms with E-state index in [1.807, 2.05) is 6.92 Å². The SMILES string of the molecule is CCC1CSC(Nc2ccc(C#N)c(C(F)(F)F)c2)=N1. The Balaban J connectivity index is 2.25. The van der Waals surface area contributed by atoms with Gasteiger partial charge in [0.1, 0.15) is 0 Å². The quantitative estimate of drug-likeness (QED) is 0.901. The molecule has 20 heavy (non-hydrogen) atoms. The number of aliphatic imine (C=N–C) groups is 1. The van der Waals surface area contributed by atoms with Crippen molar-refractivity contribution in [1.29, 1.82) is 5.26 Å². The molecule has 1 atom stereocenters. The van der Waals surface area contributed by atoms with Crippen molar-refractivity contribution < 1.29 is 13.2 Å². The van der Waals surface area contributed by atoms with Gasteiger partial charge in [-0.05, 0) is 24.6 Å². The highest BCUT2D eigenvalue weighted by Crippen LogP contribution is 2.34. The second kappa shape index (κ2) is 5.75. The maximum Gasteiger partial charge on any atom is 0.417 e.